The largest absolute Gasteiger partial charge is 0.322 e. The van der Waals surface area contributed by atoms with Crippen LogP contribution >= 0.6 is 0 Å². The Morgan fingerprint density at radius 3 is 2.62 bits per heavy atom. The van der Waals surface area contributed by atoms with Crippen LogP contribution in [-0.2, 0) is 13.1 Å². The van der Waals surface area contributed by atoms with E-state index in [1.165, 1.54) is 24.0 Å². The molecule has 1 N–H and O–H groups in total. The number of fused-ring (bicyclic) bond motifs is 1. The van der Waals surface area contributed by atoms with Gasteiger partial charge in [0.25, 0.3) is 5.91 Å². The molecule has 4 heteroatoms. The number of hydrogen-bond acceptors (Lipinski definition) is 3. The van der Waals surface area contributed by atoms with Gasteiger partial charge in [0.05, 0.1) is 0 Å². The van der Waals surface area contributed by atoms with Crippen molar-refractivity contribution >= 4 is 11.6 Å². The van der Waals surface area contributed by atoms with Crippen LogP contribution in [0.1, 0.15) is 34.3 Å². The van der Waals surface area contributed by atoms with Crippen molar-refractivity contribution in [2.75, 3.05) is 5.32 Å². The van der Waals surface area contributed by atoms with Crippen molar-refractivity contribution in [2.24, 2.45) is 0 Å². The minimum absolute atomic E-state index is 0.0885. The zero-order valence-corrected chi connectivity index (χ0v) is 11.7. The maximum atomic E-state index is 12.1. The van der Waals surface area contributed by atoms with Gasteiger partial charge in [-0.3, -0.25) is 14.7 Å². The van der Waals surface area contributed by atoms with Gasteiger partial charge in [-0.25, -0.2) is 0 Å². The lowest BCUT2D eigenvalue weighted by atomic mass is 10.1. The molecular weight excluding hydrogens is 262 g/mol. The van der Waals surface area contributed by atoms with Crippen molar-refractivity contribution in [1.29, 1.82) is 0 Å². The lowest BCUT2D eigenvalue weighted by Gasteiger charge is -2.12. The molecule has 1 aliphatic heterocycles. The van der Waals surface area contributed by atoms with E-state index in [0.29, 0.717) is 5.56 Å². The van der Waals surface area contributed by atoms with Gasteiger partial charge in [-0.15, -0.1) is 0 Å². The molecule has 2 heterocycles. The topological polar surface area (TPSA) is 45.2 Å². The monoisotopic (exact) mass is 279 g/mol. The Bertz CT molecular complexity index is 680. The van der Waals surface area contributed by atoms with E-state index in [0.717, 1.165) is 24.8 Å². The summed E-state index contributed by atoms with van der Waals surface area (Å²) in [7, 11) is 0. The zero-order chi connectivity index (χ0) is 14.2. The van der Waals surface area contributed by atoms with Crippen LogP contribution in [0.3, 0.4) is 0 Å². The van der Waals surface area contributed by atoms with Crippen molar-refractivity contribution in [2.45, 2.75) is 32.0 Å². The number of amides is 1. The molecular formula is C17H17N3O. The molecule has 1 aromatic carbocycles. The van der Waals surface area contributed by atoms with Gasteiger partial charge in [0, 0.05) is 42.8 Å². The highest BCUT2D eigenvalue weighted by Gasteiger charge is 2.32. The molecule has 1 fully saturated rings. The maximum absolute atomic E-state index is 12.1. The summed E-state index contributed by atoms with van der Waals surface area (Å²) in [5.74, 6) is -0.0885. The Labute approximate surface area is 123 Å². The number of nitrogens with one attached hydrogen (secondary N) is 1. The molecule has 0 saturated heterocycles. The molecule has 2 aliphatic rings. The lowest BCUT2D eigenvalue weighted by molar-refractivity contribution is 0.102. The number of rotatable bonds is 3. The van der Waals surface area contributed by atoms with E-state index in [1.807, 2.05) is 6.07 Å². The molecule has 0 atom stereocenters. The number of benzene rings is 1. The first-order chi connectivity index (χ1) is 10.3. The highest BCUT2D eigenvalue weighted by Crippen LogP contribution is 2.35. The van der Waals surface area contributed by atoms with Crippen LogP contribution in [0.4, 0.5) is 5.69 Å². The fourth-order valence-corrected chi connectivity index (χ4v) is 2.90. The maximum Gasteiger partial charge on any atom is 0.255 e. The predicted octanol–water partition coefficient (Wildman–Crippen LogP) is 2.81. The number of pyridine rings is 1. The highest BCUT2D eigenvalue weighted by atomic mass is 16.1. The minimum Gasteiger partial charge on any atom is -0.322 e. The van der Waals surface area contributed by atoms with Gasteiger partial charge in [-0.05, 0) is 48.2 Å². The fourth-order valence-electron chi connectivity index (χ4n) is 2.90. The minimum atomic E-state index is -0.0885. The van der Waals surface area contributed by atoms with Crippen LogP contribution < -0.4 is 5.32 Å². The number of aromatic nitrogens is 1. The number of anilines is 1. The van der Waals surface area contributed by atoms with Gasteiger partial charge in [0.2, 0.25) is 0 Å². The third kappa shape index (κ3) is 2.54. The molecule has 4 rings (SSSR count). The Hall–Kier alpha value is -2.20. The second-order valence-electron chi connectivity index (χ2n) is 5.81. The van der Waals surface area contributed by atoms with E-state index in [4.69, 9.17) is 0 Å². The molecule has 0 unspecified atom stereocenters. The number of hydrogen-bond donors (Lipinski definition) is 1. The summed E-state index contributed by atoms with van der Waals surface area (Å²) in [5, 5.41) is 2.96. The summed E-state index contributed by atoms with van der Waals surface area (Å²) in [6.07, 6.45) is 5.93. The van der Waals surface area contributed by atoms with E-state index in [1.54, 1.807) is 24.5 Å². The standard InChI is InChI=1S/C17H17N3O/c21-17(12-5-7-18-8-6-12)19-15-2-1-13-10-20(16-3-4-16)11-14(13)9-15/h1-2,5-9,16H,3-4,10-11H2,(H,19,21). The molecule has 1 aliphatic carbocycles. The van der Waals surface area contributed by atoms with Crippen LogP contribution in [-0.4, -0.2) is 21.8 Å². The summed E-state index contributed by atoms with van der Waals surface area (Å²) < 4.78 is 0. The summed E-state index contributed by atoms with van der Waals surface area (Å²) in [6, 6.07) is 10.5. The van der Waals surface area contributed by atoms with Gasteiger partial charge in [-0.2, -0.15) is 0 Å². The van der Waals surface area contributed by atoms with Gasteiger partial charge in [0.1, 0.15) is 0 Å². The Morgan fingerprint density at radius 1 is 1.10 bits per heavy atom. The highest BCUT2D eigenvalue weighted by molar-refractivity contribution is 6.04. The lowest BCUT2D eigenvalue weighted by Crippen LogP contribution is -2.18. The molecule has 1 saturated carbocycles. The van der Waals surface area contributed by atoms with E-state index in [2.05, 4.69) is 27.3 Å². The van der Waals surface area contributed by atoms with Crippen molar-refractivity contribution in [3.63, 3.8) is 0 Å². The molecule has 1 amide bonds. The third-order valence-corrected chi connectivity index (χ3v) is 4.22. The molecule has 4 nitrogen and oxygen atoms in total. The number of nitrogens with zero attached hydrogens (tertiary/aromatic N) is 2. The Balaban J connectivity index is 1.50. The van der Waals surface area contributed by atoms with E-state index < -0.39 is 0 Å². The number of carbonyl (C=O) groups excluding carboxylic acids is 1. The summed E-state index contributed by atoms with van der Waals surface area (Å²) in [4.78, 5) is 18.6. The first-order valence-electron chi connectivity index (χ1n) is 7.37. The molecule has 1 aromatic heterocycles. The van der Waals surface area contributed by atoms with E-state index >= 15 is 0 Å². The predicted molar refractivity (Wildman–Crippen MR) is 80.9 cm³/mol. The van der Waals surface area contributed by atoms with E-state index in [-0.39, 0.29) is 5.91 Å². The van der Waals surface area contributed by atoms with Crippen molar-refractivity contribution < 1.29 is 4.79 Å². The molecule has 0 spiro atoms. The SMILES string of the molecule is O=C(Nc1ccc2c(c1)CN(C1CC1)C2)c1ccncc1. The van der Waals surface area contributed by atoms with E-state index in [9.17, 15) is 4.79 Å². The average molecular weight is 279 g/mol. The normalized spacial score (nSPS) is 17.5. The molecule has 0 bridgehead atoms. The van der Waals surface area contributed by atoms with Crippen molar-refractivity contribution in [1.82, 2.24) is 9.88 Å². The first kappa shape index (κ1) is 12.5. The smallest absolute Gasteiger partial charge is 0.255 e. The van der Waals surface area contributed by atoms with Gasteiger partial charge in [-0.1, -0.05) is 6.07 Å². The summed E-state index contributed by atoms with van der Waals surface area (Å²) in [6.45, 7) is 2.07. The van der Waals surface area contributed by atoms with Crippen molar-refractivity contribution in [3.8, 4) is 0 Å². The Morgan fingerprint density at radius 2 is 1.86 bits per heavy atom. The van der Waals surface area contributed by atoms with Crippen LogP contribution in [0, 0.1) is 0 Å². The molecule has 106 valence electrons. The quantitative estimate of drug-likeness (QED) is 0.939. The van der Waals surface area contributed by atoms with Crippen molar-refractivity contribution in [3.05, 3.63) is 59.4 Å². The fraction of sp³-hybridized carbons (Fsp3) is 0.294. The third-order valence-electron chi connectivity index (χ3n) is 4.22. The molecule has 21 heavy (non-hydrogen) atoms. The van der Waals surface area contributed by atoms with Gasteiger partial charge >= 0.3 is 0 Å². The number of carbonyl (C=O) groups is 1. The molecule has 2 aromatic rings. The second-order valence-corrected chi connectivity index (χ2v) is 5.81. The van der Waals surface area contributed by atoms with Gasteiger partial charge in [0.15, 0.2) is 0 Å². The molecule has 0 radical (unpaired) electrons. The van der Waals surface area contributed by atoms with Crippen LogP contribution in [0.25, 0.3) is 0 Å². The average Bonchev–Trinajstić information content (AvgIpc) is 3.28. The van der Waals surface area contributed by atoms with Gasteiger partial charge < -0.3 is 5.32 Å². The Kier molecular flexibility index (Phi) is 2.97. The zero-order valence-electron chi connectivity index (χ0n) is 11.7. The summed E-state index contributed by atoms with van der Waals surface area (Å²) >= 11 is 0. The first-order valence-corrected chi connectivity index (χ1v) is 7.37. The second kappa shape index (κ2) is 4.97. The van der Waals surface area contributed by atoms with Crippen LogP contribution in [0.15, 0.2) is 42.7 Å². The van der Waals surface area contributed by atoms with Crippen LogP contribution in [0.2, 0.25) is 0 Å². The summed E-state index contributed by atoms with van der Waals surface area (Å²) in [5.41, 5.74) is 4.23. The van der Waals surface area contributed by atoms with Crippen LogP contribution in [0.5, 0.6) is 0 Å².